The second-order valence-electron chi connectivity index (χ2n) is 6.66. The first-order valence-electron chi connectivity index (χ1n) is 9.69. The van der Waals surface area contributed by atoms with Crippen LogP contribution in [0.25, 0.3) is 10.9 Å². The summed E-state index contributed by atoms with van der Waals surface area (Å²) in [5.74, 6) is 0.347. The third-order valence-corrected chi connectivity index (χ3v) is 4.60. The van der Waals surface area contributed by atoms with Crippen molar-refractivity contribution in [2.24, 2.45) is 4.99 Å². The molecule has 30 heavy (non-hydrogen) atoms. The Morgan fingerprint density at radius 1 is 1.17 bits per heavy atom. The Labute approximate surface area is 192 Å². The van der Waals surface area contributed by atoms with Crippen molar-refractivity contribution < 1.29 is 9.18 Å². The molecule has 3 rings (SSSR count). The molecule has 8 heteroatoms. The number of aliphatic imine (C=N–C) groups is 1. The Morgan fingerprint density at radius 3 is 2.77 bits per heavy atom. The molecule has 3 aromatic rings. The third kappa shape index (κ3) is 6.19. The first-order chi connectivity index (χ1) is 14.1. The molecule has 160 valence electrons. The van der Waals surface area contributed by atoms with E-state index in [2.05, 4.69) is 25.9 Å². The maximum Gasteiger partial charge on any atom is 0.251 e. The van der Waals surface area contributed by atoms with Crippen molar-refractivity contribution in [3.63, 3.8) is 0 Å². The SMILES string of the molecule is CCNC(=NCc1cccc(C(=O)NC)c1)NCCc1c[nH]c2ccc(F)cc12.I. The van der Waals surface area contributed by atoms with E-state index in [4.69, 9.17) is 0 Å². The summed E-state index contributed by atoms with van der Waals surface area (Å²) in [6, 6.07) is 12.2. The summed E-state index contributed by atoms with van der Waals surface area (Å²) in [7, 11) is 1.61. The van der Waals surface area contributed by atoms with Crippen molar-refractivity contribution in [1.82, 2.24) is 20.9 Å². The number of benzene rings is 2. The highest BCUT2D eigenvalue weighted by Crippen LogP contribution is 2.19. The standard InChI is InChI=1S/C22H26FN5O.HI/c1-3-25-22(28-13-15-5-4-6-16(11-15)21(29)24-2)26-10-9-17-14-27-20-8-7-18(23)12-19(17)20;/h4-8,11-12,14,27H,3,9-10,13H2,1-2H3,(H,24,29)(H2,25,26,28);1H. The number of fused-ring (bicyclic) bond motifs is 1. The van der Waals surface area contributed by atoms with Crippen LogP contribution in [-0.4, -0.2) is 37.0 Å². The molecule has 2 aromatic carbocycles. The number of aromatic amines is 1. The average Bonchev–Trinajstić information content (AvgIpc) is 3.13. The summed E-state index contributed by atoms with van der Waals surface area (Å²) in [5, 5.41) is 10.1. The maximum absolute atomic E-state index is 13.5. The van der Waals surface area contributed by atoms with Gasteiger partial charge in [-0.25, -0.2) is 9.38 Å². The number of nitrogens with zero attached hydrogens (tertiary/aromatic N) is 1. The summed E-state index contributed by atoms with van der Waals surface area (Å²) in [4.78, 5) is 19.5. The van der Waals surface area contributed by atoms with Crippen molar-refractivity contribution in [2.75, 3.05) is 20.1 Å². The highest BCUT2D eigenvalue weighted by atomic mass is 127. The van der Waals surface area contributed by atoms with E-state index in [0.717, 1.165) is 35.0 Å². The lowest BCUT2D eigenvalue weighted by Gasteiger charge is -2.11. The molecule has 0 spiro atoms. The van der Waals surface area contributed by atoms with Crippen LogP contribution in [-0.2, 0) is 13.0 Å². The van der Waals surface area contributed by atoms with Crippen molar-refractivity contribution >= 4 is 46.7 Å². The van der Waals surface area contributed by atoms with Gasteiger partial charge in [0.1, 0.15) is 5.82 Å². The molecule has 0 saturated carbocycles. The molecule has 0 radical (unpaired) electrons. The lowest BCUT2D eigenvalue weighted by molar-refractivity contribution is 0.0963. The number of nitrogens with one attached hydrogen (secondary N) is 4. The molecule has 0 aliphatic heterocycles. The van der Waals surface area contributed by atoms with Gasteiger partial charge < -0.3 is 20.9 Å². The van der Waals surface area contributed by atoms with E-state index in [0.29, 0.717) is 24.6 Å². The number of rotatable bonds is 7. The van der Waals surface area contributed by atoms with E-state index in [1.54, 1.807) is 25.2 Å². The number of amides is 1. The second kappa shape index (κ2) is 11.5. The normalized spacial score (nSPS) is 11.1. The first kappa shape index (κ1) is 23.7. The number of carbonyl (C=O) groups excluding carboxylic acids is 1. The minimum atomic E-state index is -0.236. The van der Waals surface area contributed by atoms with Gasteiger partial charge in [0.25, 0.3) is 5.91 Å². The molecular formula is C22H27FIN5O. The number of carbonyl (C=O) groups is 1. The largest absolute Gasteiger partial charge is 0.361 e. The minimum absolute atomic E-state index is 0. The van der Waals surface area contributed by atoms with Crippen LogP contribution in [0.15, 0.2) is 53.7 Å². The predicted molar refractivity (Wildman–Crippen MR) is 130 cm³/mol. The zero-order chi connectivity index (χ0) is 20.6. The van der Waals surface area contributed by atoms with Gasteiger partial charge in [-0.1, -0.05) is 12.1 Å². The first-order valence-corrected chi connectivity index (χ1v) is 9.69. The molecule has 4 N–H and O–H groups in total. The number of halogens is 2. The Kier molecular flexibility index (Phi) is 9.10. The Balaban J connectivity index is 0.00000320. The van der Waals surface area contributed by atoms with Crippen LogP contribution in [0.1, 0.15) is 28.4 Å². The van der Waals surface area contributed by atoms with Crippen molar-refractivity contribution in [2.45, 2.75) is 19.9 Å². The topological polar surface area (TPSA) is 81.3 Å². The number of guanidine groups is 1. The monoisotopic (exact) mass is 523 g/mol. The molecule has 1 aromatic heterocycles. The molecule has 0 aliphatic carbocycles. The van der Waals surface area contributed by atoms with Crippen LogP contribution in [0.3, 0.4) is 0 Å². The van der Waals surface area contributed by atoms with Gasteiger partial charge in [0.15, 0.2) is 5.96 Å². The quantitative estimate of drug-likeness (QED) is 0.217. The smallest absolute Gasteiger partial charge is 0.251 e. The van der Waals surface area contributed by atoms with E-state index in [9.17, 15) is 9.18 Å². The molecule has 0 atom stereocenters. The van der Waals surface area contributed by atoms with Crippen LogP contribution in [0.4, 0.5) is 4.39 Å². The van der Waals surface area contributed by atoms with Crippen LogP contribution < -0.4 is 16.0 Å². The van der Waals surface area contributed by atoms with Gasteiger partial charge in [-0.05, 0) is 54.8 Å². The van der Waals surface area contributed by atoms with Gasteiger partial charge in [0, 0.05) is 42.8 Å². The van der Waals surface area contributed by atoms with E-state index in [-0.39, 0.29) is 35.7 Å². The lowest BCUT2D eigenvalue weighted by Crippen LogP contribution is -2.38. The van der Waals surface area contributed by atoms with E-state index in [1.165, 1.54) is 6.07 Å². The molecule has 1 amide bonds. The molecular weight excluding hydrogens is 496 g/mol. The van der Waals surface area contributed by atoms with Crippen molar-refractivity contribution in [3.05, 3.63) is 71.2 Å². The summed E-state index contributed by atoms with van der Waals surface area (Å²) in [6.07, 6.45) is 2.65. The van der Waals surface area contributed by atoms with E-state index in [1.807, 2.05) is 31.3 Å². The fraction of sp³-hybridized carbons (Fsp3) is 0.273. The zero-order valence-corrected chi connectivity index (χ0v) is 19.4. The summed E-state index contributed by atoms with van der Waals surface area (Å²) >= 11 is 0. The average molecular weight is 523 g/mol. The summed E-state index contributed by atoms with van der Waals surface area (Å²) in [6.45, 7) is 3.86. The number of hydrogen-bond acceptors (Lipinski definition) is 2. The van der Waals surface area contributed by atoms with Crippen molar-refractivity contribution in [3.8, 4) is 0 Å². The maximum atomic E-state index is 13.5. The van der Waals surface area contributed by atoms with Gasteiger partial charge in [-0.2, -0.15) is 0 Å². The Morgan fingerprint density at radius 2 is 2.00 bits per heavy atom. The van der Waals surface area contributed by atoms with Crippen LogP contribution in [0.2, 0.25) is 0 Å². The highest BCUT2D eigenvalue weighted by Gasteiger charge is 2.06. The van der Waals surface area contributed by atoms with Crippen LogP contribution >= 0.6 is 24.0 Å². The van der Waals surface area contributed by atoms with Gasteiger partial charge >= 0.3 is 0 Å². The Bertz CT molecular complexity index is 1020. The minimum Gasteiger partial charge on any atom is -0.361 e. The van der Waals surface area contributed by atoms with Gasteiger partial charge in [-0.3, -0.25) is 4.79 Å². The predicted octanol–water partition coefficient (Wildman–Crippen LogP) is 3.58. The van der Waals surface area contributed by atoms with E-state index < -0.39 is 0 Å². The van der Waals surface area contributed by atoms with Gasteiger partial charge in [0.2, 0.25) is 0 Å². The number of H-pyrrole nitrogens is 1. The Hall–Kier alpha value is -2.62. The third-order valence-electron chi connectivity index (χ3n) is 4.60. The van der Waals surface area contributed by atoms with E-state index >= 15 is 0 Å². The fourth-order valence-electron chi connectivity index (χ4n) is 3.14. The molecule has 0 fully saturated rings. The molecule has 0 saturated heterocycles. The van der Waals surface area contributed by atoms with Gasteiger partial charge in [0.05, 0.1) is 6.54 Å². The van der Waals surface area contributed by atoms with Gasteiger partial charge in [-0.15, -0.1) is 24.0 Å². The molecule has 0 bridgehead atoms. The second-order valence-corrected chi connectivity index (χ2v) is 6.66. The van der Waals surface area contributed by atoms with Crippen molar-refractivity contribution in [1.29, 1.82) is 0 Å². The highest BCUT2D eigenvalue weighted by molar-refractivity contribution is 14.0. The fourth-order valence-corrected chi connectivity index (χ4v) is 3.14. The lowest BCUT2D eigenvalue weighted by atomic mass is 10.1. The molecule has 0 unspecified atom stereocenters. The van der Waals surface area contributed by atoms with Crippen LogP contribution in [0.5, 0.6) is 0 Å². The summed E-state index contributed by atoms with van der Waals surface area (Å²) < 4.78 is 13.5. The molecule has 0 aliphatic rings. The number of aromatic nitrogens is 1. The summed E-state index contributed by atoms with van der Waals surface area (Å²) in [5.41, 5.74) is 3.55. The zero-order valence-electron chi connectivity index (χ0n) is 17.1. The number of hydrogen-bond donors (Lipinski definition) is 4. The molecule has 6 nitrogen and oxygen atoms in total. The van der Waals surface area contributed by atoms with Crippen LogP contribution in [0, 0.1) is 5.82 Å². The molecule has 1 heterocycles.